The lowest BCUT2D eigenvalue weighted by molar-refractivity contribution is -0.117. The fourth-order valence-corrected chi connectivity index (χ4v) is 1.00. The smallest absolute Gasteiger partial charge is 0.241 e. The Labute approximate surface area is 86.0 Å². The summed E-state index contributed by atoms with van der Waals surface area (Å²) in [6.07, 6.45) is 0. The first-order chi connectivity index (χ1) is 6.50. The van der Waals surface area contributed by atoms with Crippen molar-refractivity contribution >= 4 is 23.2 Å². The number of hydrogen-bond donors (Lipinski definition) is 2. The molecule has 0 saturated heterocycles. The quantitative estimate of drug-likeness (QED) is 0.792. The number of rotatable bonds is 2. The van der Waals surface area contributed by atoms with Crippen molar-refractivity contribution < 1.29 is 9.18 Å². The molecule has 0 unspecified atom stereocenters. The van der Waals surface area contributed by atoms with Crippen LogP contribution in [0.4, 0.5) is 10.1 Å². The highest BCUT2D eigenvalue weighted by Gasteiger charge is 2.10. The third kappa shape index (κ3) is 2.68. The van der Waals surface area contributed by atoms with Gasteiger partial charge < -0.3 is 11.1 Å². The molecular weight excluding hydrogens is 207 g/mol. The lowest BCUT2D eigenvalue weighted by atomic mass is 10.2. The molecular formula is C9H10ClFN2O. The molecule has 3 nitrogen and oxygen atoms in total. The maximum absolute atomic E-state index is 12.8. The van der Waals surface area contributed by atoms with Crippen molar-refractivity contribution in [2.45, 2.75) is 13.0 Å². The molecule has 0 fully saturated rings. The summed E-state index contributed by atoms with van der Waals surface area (Å²) in [4.78, 5) is 11.2. The summed E-state index contributed by atoms with van der Waals surface area (Å²) >= 11 is 5.72. The Balaban J connectivity index is 2.86. The van der Waals surface area contributed by atoms with Crippen molar-refractivity contribution in [3.05, 3.63) is 29.0 Å². The first kappa shape index (κ1) is 10.9. The average molecular weight is 217 g/mol. The molecule has 5 heteroatoms. The van der Waals surface area contributed by atoms with E-state index in [1.165, 1.54) is 19.1 Å². The van der Waals surface area contributed by atoms with Crippen LogP contribution in [0.5, 0.6) is 0 Å². The Kier molecular flexibility index (Phi) is 3.43. The van der Waals surface area contributed by atoms with Crippen LogP contribution in [0.25, 0.3) is 0 Å². The van der Waals surface area contributed by atoms with Gasteiger partial charge in [-0.15, -0.1) is 0 Å². The van der Waals surface area contributed by atoms with Gasteiger partial charge in [-0.25, -0.2) is 4.39 Å². The zero-order valence-electron chi connectivity index (χ0n) is 7.55. The monoisotopic (exact) mass is 216 g/mol. The van der Waals surface area contributed by atoms with E-state index in [0.717, 1.165) is 6.07 Å². The fourth-order valence-electron chi connectivity index (χ4n) is 0.840. The standard InChI is InChI=1S/C9H10ClFN2O/c1-5(12)9(14)13-8-4-6(11)2-3-7(8)10/h2-5H,12H2,1H3,(H,13,14)/t5-/m0/s1. The summed E-state index contributed by atoms with van der Waals surface area (Å²) in [5.41, 5.74) is 5.55. The molecule has 1 aromatic carbocycles. The van der Waals surface area contributed by atoms with E-state index in [1.54, 1.807) is 0 Å². The van der Waals surface area contributed by atoms with E-state index in [0.29, 0.717) is 0 Å². The minimum absolute atomic E-state index is 0.231. The van der Waals surface area contributed by atoms with Gasteiger partial charge in [-0.05, 0) is 25.1 Å². The summed E-state index contributed by atoms with van der Waals surface area (Å²) in [5, 5.41) is 2.69. The number of carbonyl (C=O) groups excluding carboxylic acids is 1. The van der Waals surface area contributed by atoms with E-state index in [9.17, 15) is 9.18 Å². The molecule has 0 aromatic heterocycles. The van der Waals surface area contributed by atoms with E-state index >= 15 is 0 Å². The molecule has 0 spiro atoms. The summed E-state index contributed by atoms with van der Waals surface area (Å²) in [5.74, 6) is -0.869. The van der Waals surface area contributed by atoms with Crippen LogP contribution in [0.2, 0.25) is 5.02 Å². The van der Waals surface area contributed by atoms with Crippen LogP contribution in [-0.2, 0) is 4.79 Å². The van der Waals surface area contributed by atoms with Crippen LogP contribution in [-0.4, -0.2) is 11.9 Å². The molecule has 1 rings (SSSR count). The molecule has 0 bridgehead atoms. The lowest BCUT2D eigenvalue weighted by Gasteiger charge is -2.08. The molecule has 1 aromatic rings. The van der Waals surface area contributed by atoms with Gasteiger partial charge in [0.2, 0.25) is 5.91 Å². The van der Waals surface area contributed by atoms with Crippen molar-refractivity contribution in [1.82, 2.24) is 0 Å². The van der Waals surface area contributed by atoms with Crippen LogP contribution in [0.3, 0.4) is 0 Å². The molecule has 14 heavy (non-hydrogen) atoms. The minimum atomic E-state index is -0.658. The summed E-state index contributed by atoms with van der Waals surface area (Å²) in [6, 6.07) is 3.06. The predicted octanol–water partition coefficient (Wildman–Crippen LogP) is 1.76. The van der Waals surface area contributed by atoms with Crippen molar-refractivity contribution in [2.75, 3.05) is 5.32 Å². The van der Waals surface area contributed by atoms with E-state index < -0.39 is 17.8 Å². The van der Waals surface area contributed by atoms with Crippen LogP contribution >= 0.6 is 11.6 Å². The van der Waals surface area contributed by atoms with E-state index in [-0.39, 0.29) is 10.7 Å². The molecule has 3 N–H and O–H groups in total. The van der Waals surface area contributed by atoms with Gasteiger partial charge in [0.1, 0.15) is 5.82 Å². The first-order valence-corrected chi connectivity index (χ1v) is 4.40. The van der Waals surface area contributed by atoms with Gasteiger partial charge in [0.15, 0.2) is 0 Å². The molecule has 1 atom stereocenters. The molecule has 0 radical (unpaired) electrons. The van der Waals surface area contributed by atoms with Gasteiger partial charge in [-0.2, -0.15) is 0 Å². The molecule has 0 aliphatic rings. The second-order valence-corrected chi connectivity index (χ2v) is 3.31. The normalized spacial score (nSPS) is 12.3. The number of nitrogens with two attached hydrogens (primary N) is 1. The van der Waals surface area contributed by atoms with Crippen LogP contribution in [0.15, 0.2) is 18.2 Å². The van der Waals surface area contributed by atoms with E-state index in [1.807, 2.05) is 0 Å². The highest BCUT2D eigenvalue weighted by Crippen LogP contribution is 2.22. The van der Waals surface area contributed by atoms with Gasteiger partial charge in [0.05, 0.1) is 16.8 Å². The van der Waals surface area contributed by atoms with E-state index in [4.69, 9.17) is 17.3 Å². The summed E-state index contributed by atoms with van der Waals surface area (Å²) in [7, 11) is 0. The van der Waals surface area contributed by atoms with Gasteiger partial charge >= 0.3 is 0 Å². The zero-order chi connectivity index (χ0) is 10.7. The highest BCUT2D eigenvalue weighted by molar-refractivity contribution is 6.33. The second-order valence-electron chi connectivity index (χ2n) is 2.90. The van der Waals surface area contributed by atoms with Crippen molar-refractivity contribution in [3.8, 4) is 0 Å². The lowest BCUT2D eigenvalue weighted by Crippen LogP contribution is -2.32. The number of hydrogen-bond acceptors (Lipinski definition) is 2. The third-order valence-corrected chi connectivity index (χ3v) is 1.93. The maximum atomic E-state index is 12.8. The maximum Gasteiger partial charge on any atom is 0.241 e. The molecule has 0 aliphatic carbocycles. The molecule has 0 aliphatic heterocycles. The number of amides is 1. The number of halogens is 2. The second kappa shape index (κ2) is 4.39. The van der Waals surface area contributed by atoms with Gasteiger partial charge in [-0.3, -0.25) is 4.79 Å². The van der Waals surface area contributed by atoms with Crippen LogP contribution in [0.1, 0.15) is 6.92 Å². The Morgan fingerprint density at radius 2 is 2.29 bits per heavy atom. The summed E-state index contributed by atoms with van der Waals surface area (Å²) in [6.45, 7) is 1.53. The first-order valence-electron chi connectivity index (χ1n) is 4.02. The van der Waals surface area contributed by atoms with Crippen molar-refractivity contribution in [2.24, 2.45) is 5.73 Å². The fraction of sp³-hybridized carbons (Fsp3) is 0.222. The third-order valence-electron chi connectivity index (χ3n) is 1.60. The van der Waals surface area contributed by atoms with E-state index in [2.05, 4.69) is 5.32 Å². The number of anilines is 1. The van der Waals surface area contributed by atoms with Crippen LogP contribution in [0, 0.1) is 5.82 Å². The molecule has 0 saturated carbocycles. The molecule has 0 heterocycles. The Morgan fingerprint density at radius 3 is 2.86 bits per heavy atom. The van der Waals surface area contributed by atoms with Gasteiger partial charge in [0.25, 0.3) is 0 Å². The Bertz CT molecular complexity index is 355. The topological polar surface area (TPSA) is 55.1 Å². The van der Waals surface area contributed by atoms with Crippen molar-refractivity contribution in [3.63, 3.8) is 0 Å². The average Bonchev–Trinajstić information content (AvgIpc) is 2.11. The largest absolute Gasteiger partial charge is 0.323 e. The zero-order valence-corrected chi connectivity index (χ0v) is 8.31. The SMILES string of the molecule is C[C@H](N)C(=O)Nc1cc(F)ccc1Cl. The number of carbonyl (C=O) groups is 1. The number of nitrogens with one attached hydrogen (secondary N) is 1. The Morgan fingerprint density at radius 1 is 1.64 bits per heavy atom. The van der Waals surface area contributed by atoms with Gasteiger partial charge in [-0.1, -0.05) is 11.6 Å². The highest BCUT2D eigenvalue weighted by atomic mass is 35.5. The summed E-state index contributed by atoms with van der Waals surface area (Å²) < 4.78 is 12.8. The predicted molar refractivity (Wildman–Crippen MR) is 53.7 cm³/mol. The van der Waals surface area contributed by atoms with Crippen LogP contribution < -0.4 is 11.1 Å². The minimum Gasteiger partial charge on any atom is -0.323 e. The molecule has 1 amide bonds. The number of benzene rings is 1. The Hall–Kier alpha value is -1.13. The molecule has 76 valence electrons. The van der Waals surface area contributed by atoms with Gasteiger partial charge in [0, 0.05) is 0 Å². The van der Waals surface area contributed by atoms with Crippen molar-refractivity contribution in [1.29, 1.82) is 0 Å².